The van der Waals surface area contributed by atoms with E-state index in [1.54, 1.807) is 76.4 Å². The van der Waals surface area contributed by atoms with Crippen molar-refractivity contribution in [3.8, 4) is 23.0 Å². The minimum Gasteiger partial charge on any atom is -0.493 e. The molecule has 0 spiro atoms. The Morgan fingerprint density at radius 2 is 1.63 bits per heavy atom. The van der Waals surface area contributed by atoms with Gasteiger partial charge in [-0.05, 0) is 117 Å². The Morgan fingerprint density at radius 1 is 0.923 bits per heavy atom. The summed E-state index contributed by atoms with van der Waals surface area (Å²) in [6.45, 7) is 12.0. The number of ether oxygens (including phenoxy) is 6. The molecule has 5 rings (SSSR count). The van der Waals surface area contributed by atoms with Crippen molar-refractivity contribution in [3.63, 3.8) is 0 Å². The van der Waals surface area contributed by atoms with Crippen molar-refractivity contribution in [1.82, 2.24) is 4.57 Å². The number of allylic oxidation sites excluding steroid dienone is 1. The van der Waals surface area contributed by atoms with E-state index in [2.05, 4.69) is 20.9 Å². The number of methoxy groups -OCH3 is 1. The standard InChI is InChI=1S/C39H41BrN2O9S/c1-8-47-31-18-25(17-28(40)35(31)50-21-24-11-13-26(14-12-24)37(44)48-9-2)19-32-36(43)42-34(27-15-16-29(51-22(4)5)30(20-27)46-7)33(38(45)49-10-3)23(6)41-39(42)52-32/h11-20,22,34H,8-10,21H2,1-7H3/b32-19+/t34-/m0/s1. The van der Waals surface area contributed by atoms with Crippen molar-refractivity contribution < 1.29 is 38.0 Å². The maximum atomic E-state index is 14.3. The van der Waals surface area contributed by atoms with Crippen LogP contribution in [-0.4, -0.2) is 49.5 Å². The zero-order chi connectivity index (χ0) is 37.5. The summed E-state index contributed by atoms with van der Waals surface area (Å²) in [5, 5.41) is 0. The first-order chi connectivity index (χ1) is 25.0. The SMILES string of the molecule is CCOC(=O)C1=C(C)N=c2s/c(=C/c3cc(Br)c(OCc4ccc(C(=O)OCC)cc4)c(OCC)c3)c(=O)n2[C@H]1c1ccc(OC(C)C)c(OC)c1. The third-order valence-corrected chi connectivity index (χ3v) is 9.43. The number of hydrogen-bond acceptors (Lipinski definition) is 11. The lowest BCUT2D eigenvalue weighted by Crippen LogP contribution is -2.40. The van der Waals surface area contributed by atoms with Crippen molar-refractivity contribution in [2.24, 2.45) is 4.99 Å². The van der Waals surface area contributed by atoms with Gasteiger partial charge in [-0.25, -0.2) is 14.6 Å². The molecule has 0 aliphatic carbocycles. The van der Waals surface area contributed by atoms with E-state index in [9.17, 15) is 14.4 Å². The fraction of sp³-hybridized carbons (Fsp3) is 0.333. The topological polar surface area (TPSA) is 124 Å². The molecule has 0 saturated carbocycles. The fourth-order valence-electron chi connectivity index (χ4n) is 5.65. The zero-order valence-corrected chi connectivity index (χ0v) is 32.5. The highest BCUT2D eigenvalue weighted by atomic mass is 79.9. The molecule has 11 nitrogen and oxygen atoms in total. The number of aromatic nitrogens is 1. The van der Waals surface area contributed by atoms with E-state index in [1.807, 2.05) is 32.9 Å². The number of hydrogen-bond donors (Lipinski definition) is 0. The number of carbonyl (C=O) groups excluding carboxylic acids is 2. The van der Waals surface area contributed by atoms with Gasteiger partial charge in [0.05, 0.1) is 64.9 Å². The molecular formula is C39H41BrN2O9S. The molecule has 4 aromatic rings. The minimum atomic E-state index is -0.827. The molecule has 1 aliphatic rings. The zero-order valence-electron chi connectivity index (χ0n) is 30.1. The van der Waals surface area contributed by atoms with Crippen molar-refractivity contribution in [1.29, 1.82) is 0 Å². The average molecular weight is 794 g/mol. The lowest BCUT2D eigenvalue weighted by molar-refractivity contribution is -0.139. The van der Waals surface area contributed by atoms with Crippen LogP contribution < -0.4 is 33.8 Å². The largest absolute Gasteiger partial charge is 0.493 e. The average Bonchev–Trinajstić information content (AvgIpc) is 3.41. The summed E-state index contributed by atoms with van der Waals surface area (Å²) in [5.74, 6) is 1.05. The second kappa shape index (κ2) is 17.1. The molecule has 0 amide bonds. The summed E-state index contributed by atoms with van der Waals surface area (Å²) in [7, 11) is 1.54. The van der Waals surface area contributed by atoms with Crippen LogP contribution >= 0.6 is 27.3 Å². The normalized spacial score (nSPS) is 14.1. The van der Waals surface area contributed by atoms with E-state index in [1.165, 1.54) is 15.9 Å². The third kappa shape index (κ3) is 8.42. The summed E-state index contributed by atoms with van der Waals surface area (Å²) >= 11 is 4.85. The van der Waals surface area contributed by atoms with Crippen LogP contribution in [0, 0.1) is 0 Å². The van der Waals surface area contributed by atoms with E-state index in [-0.39, 0.29) is 36.4 Å². The van der Waals surface area contributed by atoms with Crippen LogP contribution in [0.25, 0.3) is 6.08 Å². The van der Waals surface area contributed by atoms with Crippen LogP contribution in [0.5, 0.6) is 23.0 Å². The molecule has 274 valence electrons. The summed E-state index contributed by atoms with van der Waals surface area (Å²) in [6.07, 6.45) is 1.67. The Balaban J connectivity index is 1.54. The number of carbonyl (C=O) groups is 2. The predicted molar refractivity (Wildman–Crippen MR) is 201 cm³/mol. The van der Waals surface area contributed by atoms with Crippen molar-refractivity contribution >= 4 is 45.3 Å². The predicted octanol–water partition coefficient (Wildman–Crippen LogP) is 6.51. The first-order valence-electron chi connectivity index (χ1n) is 16.9. The van der Waals surface area contributed by atoms with E-state index in [0.29, 0.717) is 72.4 Å². The molecule has 0 unspecified atom stereocenters. The Morgan fingerprint density at radius 3 is 2.29 bits per heavy atom. The molecule has 1 aliphatic heterocycles. The minimum absolute atomic E-state index is 0.0879. The molecule has 0 saturated heterocycles. The van der Waals surface area contributed by atoms with Gasteiger partial charge in [-0.1, -0.05) is 29.5 Å². The fourth-order valence-corrected chi connectivity index (χ4v) is 7.27. The number of benzene rings is 3. The molecule has 52 heavy (non-hydrogen) atoms. The second-order valence-electron chi connectivity index (χ2n) is 11.8. The van der Waals surface area contributed by atoms with Gasteiger partial charge in [0.1, 0.15) is 6.61 Å². The van der Waals surface area contributed by atoms with Crippen LogP contribution in [0.1, 0.15) is 74.6 Å². The van der Waals surface area contributed by atoms with Gasteiger partial charge in [0.25, 0.3) is 5.56 Å². The molecule has 0 radical (unpaired) electrons. The molecule has 3 aromatic carbocycles. The molecule has 13 heteroatoms. The second-order valence-corrected chi connectivity index (χ2v) is 13.7. The van der Waals surface area contributed by atoms with Gasteiger partial charge in [-0.15, -0.1) is 0 Å². The highest BCUT2D eigenvalue weighted by molar-refractivity contribution is 9.10. The van der Waals surface area contributed by atoms with Crippen LogP contribution in [-0.2, 0) is 20.9 Å². The van der Waals surface area contributed by atoms with Crippen LogP contribution in [0.2, 0.25) is 0 Å². The smallest absolute Gasteiger partial charge is 0.338 e. The van der Waals surface area contributed by atoms with Gasteiger partial charge < -0.3 is 28.4 Å². The third-order valence-electron chi connectivity index (χ3n) is 7.86. The Hall–Kier alpha value is -4.88. The maximum Gasteiger partial charge on any atom is 0.338 e. The highest BCUT2D eigenvalue weighted by Gasteiger charge is 2.34. The van der Waals surface area contributed by atoms with Crippen LogP contribution in [0.3, 0.4) is 0 Å². The first kappa shape index (κ1) is 38.4. The molecule has 0 N–H and O–H groups in total. The lowest BCUT2D eigenvalue weighted by atomic mass is 9.95. The van der Waals surface area contributed by atoms with E-state index >= 15 is 0 Å². The van der Waals surface area contributed by atoms with E-state index in [0.717, 1.165) is 5.56 Å². The number of esters is 2. The van der Waals surface area contributed by atoms with Gasteiger partial charge in [0.2, 0.25) is 0 Å². The number of fused-ring (bicyclic) bond motifs is 1. The number of halogens is 1. The molecule has 1 atom stereocenters. The molecule has 1 aromatic heterocycles. The highest BCUT2D eigenvalue weighted by Crippen LogP contribution is 2.39. The Labute approximate surface area is 314 Å². The monoisotopic (exact) mass is 792 g/mol. The van der Waals surface area contributed by atoms with Crippen molar-refractivity contribution in [2.75, 3.05) is 26.9 Å². The lowest BCUT2D eigenvalue weighted by Gasteiger charge is -2.25. The van der Waals surface area contributed by atoms with Gasteiger partial charge >= 0.3 is 11.9 Å². The summed E-state index contributed by atoms with van der Waals surface area (Å²) in [4.78, 5) is 44.8. The van der Waals surface area contributed by atoms with Crippen molar-refractivity contribution in [3.05, 3.63) is 112 Å². The summed E-state index contributed by atoms with van der Waals surface area (Å²) in [5.41, 5.74) is 3.01. The van der Waals surface area contributed by atoms with E-state index in [4.69, 9.17) is 28.4 Å². The Bertz CT molecular complexity index is 2170. The maximum absolute atomic E-state index is 14.3. The molecular weight excluding hydrogens is 752 g/mol. The first-order valence-corrected chi connectivity index (χ1v) is 18.5. The van der Waals surface area contributed by atoms with Gasteiger partial charge in [-0.2, -0.15) is 0 Å². The van der Waals surface area contributed by atoms with Crippen LogP contribution in [0.4, 0.5) is 0 Å². The van der Waals surface area contributed by atoms with Crippen molar-refractivity contribution in [2.45, 2.75) is 60.3 Å². The van der Waals surface area contributed by atoms with Gasteiger partial charge in [0, 0.05) is 0 Å². The van der Waals surface area contributed by atoms with Gasteiger partial charge in [0.15, 0.2) is 27.8 Å². The summed E-state index contributed by atoms with van der Waals surface area (Å²) in [6, 6.07) is 15.2. The van der Waals surface area contributed by atoms with Crippen LogP contribution in [0.15, 0.2) is 80.1 Å². The summed E-state index contributed by atoms with van der Waals surface area (Å²) < 4.78 is 36.8. The van der Waals surface area contributed by atoms with E-state index < -0.39 is 12.0 Å². The quantitative estimate of drug-likeness (QED) is 0.132. The van der Waals surface area contributed by atoms with Gasteiger partial charge in [-0.3, -0.25) is 9.36 Å². The number of rotatable bonds is 14. The number of nitrogens with zero attached hydrogens (tertiary/aromatic N) is 2. The molecule has 2 heterocycles. The number of thiazole rings is 1. The molecule has 0 fully saturated rings. The molecule has 0 bridgehead atoms. The Kier molecular flexibility index (Phi) is 12.6.